The van der Waals surface area contributed by atoms with E-state index in [-0.39, 0.29) is 11.9 Å². The molecule has 3 rings (SSSR count). The van der Waals surface area contributed by atoms with Gasteiger partial charge in [-0.05, 0) is 50.2 Å². The van der Waals surface area contributed by atoms with E-state index in [1.165, 1.54) is 11.8 Å². The quantitative estimate of drug-likeness (QED) is 0.393. The fourth-order valence-electron chi connectivity index (χ4n) is 2.75. The van der Waals surface area contributed by atoms with Gasteiger partial charge in [-0.15, -0.1) is 10.2 Å². The number of para-hydroxylation sites is 1. The van der Waals surface area contributed by atoms with Crippen molar-refractivity contribution in [1.82, 2.24) is 14.8 Å². The van der Waals surface area contributed by atoms with Crippen molar-refractivity contribution in [2.24, 2.45) is 0 Å². The van der Waals surface area contributed by atoms with E-state index >= 15 is 0 Å². The topological polar surface area (TPSA) is 66.2 Å². The number of aromatic nitrogens is 3. The molecular weight excluding hydrogens is 374 g/mol. The van der Waals surface area contributed by atoms with E-state index in [1.54, 1.807) is 31.4 Å². The van der Waals surface area contributed by atoms with Gasteiger partial charge in [0.05, 0.1) is 12.9 Å². The highest BCUT2D eigenvalue weighted by atomic mass is 32.2. The second-order valence-corrected chi connectivity index (χ2v) is 7.04. The fourth-order valence-corrected chi connectivity index (χ4v) is 3.65. The van der Waals surface area contributed by atoms with Crippen LogP contribution >= 0.6 is 11.8 Å². The van der Waals surface area contributed by atoms with Crippen LogP contribution < -0.4 is 9.47 Å². The standard InChI is InChI=1S/C21H23N3O3S/c1-4-24-20(15(2)27-18-8-6-5-7-9-18)22-23-21(24)28-14-19(25)16-10-12-17(26-3)13-11-16/h5-13,15H,4,14H2,1-3H3/t15-/m1/s1. The number of benzene rings is 2. The summed E-state index contributed by atoms with van der Waals surface area (Å²) in [5, 5.41) is 9.27. The fraction of sp³-hybridized carbons (Fsp3) is 0.286. The number of ketones is 1. The average Bonchev–Trinajstić information content (AvgIpc) is 3.16. The summed E-state index contributed by atoms with van der Waals surface area (Å²) in [6.45, 7) is 4.67. The van der Waals surface area contributed by atoms with Gasteiger partial charge in [0, 0.05) is 12.1 Å². The van der Waals surface area contributed by atoms with Gasteiger partial charge < -0.3 is 14.0 Å². The number of ether oxygens (including phenoxy) is 2. The second kappa shape index (κ2) is 9.41. The van der Waals surface area contributed by atoms with Crippen molar-refractivity contribution < 1.29 is 14.3 Å². The molecule has 1 heterocycles. The molecule has 0 spiro atoms. The van der Waals surface area contributed by atoms with Crippen LogP contribution in [0.2, 0.25) is 0 Å². The molecule has 1 atom stereocenters. The summed E-state index contributed by atoms with van der Waals surface area (Å²) in [5.74, 6) is 2.58. The number of hydrogen-bond donors (Lipinski definition) is 0. The van der Waals surface area contributed by atoms with Gasteiger partial charge in [0.2, 0.25) is 0 Å². The summed E-state index contributed by atoms with van der Waals surface area (Å²) in [7, 11) is 1.60. The Morgan fingerprint density at radius 3 is 2.43 bits per heavy atom. The third kappa shape index (κ3) is 4.72. The Balaban J connectivity index is 1.66. The van der Waals surface area contributed by atoms with E-state index in [1.807, 2.05) is 48.7 Å². The number of Topliss-reactive ketones (excluding diaryl/α,β-unsaturated/α-hetero) is 1. The number of nitrogens with zero attached hydrogens (tertiary/aromatic N) is 3. The molecule has 7 heteroatoms. The third-order valence-corrected chi connectivity index (χ3v) is 5.19. The Bertz CT molecular complexity index is 910. The first-order valence-electron chi connectivity index (χ1n) is 9.07. The second-order valence-electron chi connectivity index (χ2n) is 6.10. The minimum atomic E-state index is -0.249. The predicted molar refractivity (Wildman–Crippen MR) is 109 cm³/mol. The van der Waals surface area contributed by atoms with Gasteiger partial charge in [0.1, 0.15) is 11.5 Å². The SMILES string of the molecule is CCn1c(SCC(=O)c2ccc(OC)cc2)nnc1[C@@H](C)Oc1ccccc1. The lowest BCUT2D eigenvalue weighted by Gasteiger charge is -2.15. The average molecular weight is 398 g/mol. The highest BCUT2D eigenvalue weighted by molar-refractivity contribution is 7.99. The molecule has 0 unspecified atom stereocenters. The van der Waals surface area contributed by atoms with Crippen LogP contribution in [0.15, 0.2) is 59.8 Å². The highest BCUT2D eigenvalue weighted by Crippen LogP contribution is 2.25. The lowest BCUT2D eigenvalue weighted by Crippen LogP contribution is -2.12. The summed E-state index contributed by atoms with van der Waals surface area (Å²) in [6, 6.07) is 16.7. The first-order valence-corrected chi connectivity index (χ1v) is 10.1. The minimum Gasteiger partial charge on any atom is -0.497 e. The van der Waals surface area contributed by atoms with Crippen molar-refractivity contribution in [3.05, 3.63) is 66.0 Å². The minimum absolute atomic E-state index is 0.0356. The first kappa shape index (κ1) is 19.9. The molecule has 2 aromatic carbocycles. The van der Waals surface area contributed by atoms with E-state index in [0.29, 0.717) is 23.0 Å². The molecule has 0 amide bonds. The van der Waals surface area contributed by atoms with E-state index in [9.17, 15) is 4.79 Å². The summed E-state index contributed by atoms with van der Waals surface area (Å²) < 4.78 is 13.1. The number of methoxy groups -OCH3 is 1. The molecule has 0 aliphatic rings. The van der Waals surface area contributed by atoms with Crippen molar-refractivity contribution >= 4 is 17.5 Å². The Kier molecular flexibility index (Phi) is 6.71. The van der Waals surface area contributed by atoms with Gasteiger partial charge in [0.15, 0.2) is 22.9 Å². The van der Waals surface area contributed by atoms with Crippen LogP contribution in [0.4, 0.5) is 0 Å². The van der Waals surface area contributed by atoms with Crippen molar-refractivity contribution in [2.45, 2.75) is 31.7 Å². The molecule has 3 aromatic rings. The lowest BCUT2D eigenvalue weighted by molar-refractivity contribution is 0.102. The lowest BCUT2D eigenvalue weighted by atomic mass is 10.1. The smallest absolute Gasteiger partial charge is 0.191 e. The van der Waals surface area contributed by atoms with Crippen molar-refractivity contribution in [3.63, 3.8) is 0 Å². The van der Waals surface area contributed by atoms with Crippen molar-refractivity contribution in [3.8, 4) is 11.5 Å². The number of hydrogen-bond acceptors (Lipinski definition) is 6. The first-order chi connectivity index (χ1) is 13.6. The Morgan fingerprint density at radius 1 is 1.07 bits per heavy atom. The maximum absolute atomic E-state index is 12.5. The highest BCUT2D eigenvalue weighted by Gasteiger charge is 2.19. The molecule has 0 saturated carbocycles. The molecule has 1 aromatic heterocycles. The maximum Gasteiger partial charge on any atom is 0.191 e. The molecule has 0 radical (unpaired) electrons. The molecule has 0 aliphatic heterocycles. The largest absolute Gasteiger partial charge is 0.497 e. The molecule has 146 valence electrons. The van der Waals surface area contributed by atoms with Crippen LogP contribution in [0.25, 0.3) is 0 Å². The summed E-state index contributed by atoms with van der Waals surface area (Å²) >= 11 is 1.38. The molecule has 0 fully saturated rings. The van der Waals surface area contributed by atoms with Gasteiger partial charge in [0.25, 0.3) is 0 Å². The monoisotopic (exact) mass is 397 g/mol. The zero-order chi connectivity index (χ0) is 19.9. The summed E-state index contributed by atoms with van der Waals surface area (Å²) in [5.41, 5.74) is 0.650. The normalized spacial score (nSPS) is 11.8. The van der Waals surface area contributed by atoms with E-state index in [2.05, 4.69) is 10.2 Å². The van der Waals surface area contributed by atoms with Crippen molar-refractivity contribution in [2.75, 3.05) is 12.9 Å². The summed E-state index contributed by atoms with van der Waals surface area (Å²) in [6.07, 6.45) is -0.249. The Morgan fingerprint density at radius 2 is 1.79 bits per heavy atom. The maximum atomic E-state index is 12.5. The van der Waals surface area contributed by atoms with E-state index < -0.39 is 0 Å². The van der Waals surface area contributed by atoms with Gasteiger partial charge in [-0.3, -0.25) is 4.79 Å². The molecule has 6 nitrogen and oxygen atoms in total. The van der Waals surface area contributed by atoms with Gasteiger partial charge in [-0.25, -0.2) is 0 Å². The number of thioether (sulfide) groups is 1. The zero-order valence-corrected chi connectivity index (χ0v) is 17.0. The van der Waals surface area contributed by atoms with E-state index in [0.717, 1.165) is 17.3 Å². The summed E-state index contributed by atoms with van der Waals surface area (Å²) in [4.78, 5) is 12.5. The van der Waals surface area contributed by atoms with E-state index in [4.69, 9.17) is 9.47 Å². The Labute approximate surface area is 168 Å². The number of carbonyl (C=O) groups is 1. The molecule has 0 N–H and O–H groups in total. The molecular formula is C21H23N3O3S. The molecule has 0 aliphatic carbocycles. The van der Waals surface area contributed by atoms with Gasteiger partial charge >= 0.3 is 0 Å². The zero-order valence-electron chi connectivity index (χ0n) is 16.2. The molecule has 0 bridgehead atoms. The predicted octanol–water partition coefficient (Wildman–Crippen LogP) is 4.42. The van der Waals surface area contributed by atoms with Gasteiger partial charge in [-0.2, -0.15) is 0 Å². The van der Waals surface area contributed by atoms with Gasteiger partial charge in [-0.1, -0.05) is 30.0 Å². The molecule has 28 heavy (non-hydrogen) atoms. The van der Waals surface area contributed by atoms with Crippen LogP contribution in [-0.4, -0.2) is 33.4 Å². The van der Waals surface area contributed by atoms with Crippen LogP contribution in [0.3, 0.4) is 0 Å². The number of carbonyl (C=O) groups excluding carboxylic acids is 1. The van der Waals surface area contributed by atoms with Crippen LogP contribution in [0.5, 0.6) is 11.5 Å². The van der Waals surface area contributed by atoms with Crippen molar-refractivity contribution in [1.29, 1.82) is 0 Å². The van der Waals surface area contributed by atoms with Crippen LogP contribution in [-0.2, 0) is 6.54 Å². The Hall–Kier alpha value is -2.80. The molecule has 0 saturated heterocycles. The van der Waals surface area contributed by atoms with Crippen LogP contribution in [0.1, 0.15) is 36.1 Å². The third-order valence-electron chi connectivity index (χ3n) is 4.23. The van der Waals surface area contributed by atoms with Crippen LogP contribution in [0, 0.1) is 0 Å². The number of rotatable bonds is 9.